The lowest BCUT2D eigenvalue weighted by molar-refractivity contribution is 0.0907. The van der Waals surface area contributed by atoms with E-state index in [1.165, 1.54) is 6.20 Å². The lowest BCUT2D eigenvalue weighted by Gasteiger charge is -2.05. The number of anilines is 1. The molecule has 1 aromatic rings. The first-order chi connectivity index (χ1) is 5.61. The lowest BCUT2D eigenvalue weighted by Crippen LogP contribution is -2.30. The molecule has 1 heterocycles. The Labute approximate surface area is 69.9 Å². The summed E-state index contributed by atoms with van der Waals surface area (Å²) in [5.41, 5.74) is 5.66. The van der Waals surface area contributed by atoms with E-state index in [1.54, 1.807) is 0 Å². The van der Waals surface area contributed by atoms with Crippen molar-refractivity contribution in [1.82, 2.24) is 10.5 Å². The first-order valence-corrected chi connectivity index (χ1v) is 3.62. The molecule has 0 aliphatic rings. The topological polar surface area (TPSA) is 81.2 Å². The number of nitrogen functional groups attached to an aromatic ring is 1. The molecule has 0 unspecified atom stereocenters. The summed E-state index contributed by atoms with van der Waals surface area (Å²) in [4.78, 5) is 11.2. The quantitative estimate of drug-likeness (QED) is 0.671. The van der Waals surface area contributed by atoms with Gasteiger partial charge in [0.05, 0.1) is 6.20 Å². The minimum atomic E-state index is -0.333. The van der Waals surface area contributed by atoms with E-state index < -0.39 is 0 Å². The molecule has 0 fully saturated rings. The maximum absolute atomic E-state index is 11.2. The number of nitrogens with one attached hydrogen (secondary N) is 1. The minimum Gasteiger partial charge on any atom is -0.394 e. The van der Waals surface area contributed by atoms with E-state index in [1.807, 2.05) is 13.8 Å². The zero-order valence-electron chi connectivity index (χ0n) is 7.00. The lowest BCUT2D eigenvalue weighted by atomic mass is 10.3. The highest BCUT2D eigenvalue weighted by atomic mass is 16.5. The highest BCUT2D eigenvalue weighted by Gasteiger charge is 2.14. The van der Waals surface area contributed by atoms with E-state index in [-0.39, 0.29) is 23.4 Å². The fourth-order valence-corrected chi connectivity index (χ4v) is 0.747. The molecule has 5 heteroatoms. The molecule has 0 spiro atoms. The Morgan fingerprint density at radius 3 is 2.83 bits per heavy atom. The van der Waals surface area contributed by atoms with Gasteiger partial charge in [0.2, 0.25) is 5.76 Å². The molecule has 0 aliphatic heterocycles. The van der Waals surface area contributed by atoms with Crippen molar-refractivity contribution in [3.63, 3.8) is 0 Å². The second-order valence-electron chi connectivity index (χ2n) is 2.74. The van der Waals surface area contributed by atoms with Gasteiger partial charge in [-0.1, -0.05) is 5.16 Å². The van der Waals surface area contributed by atoms with Crippen LogP contribution in [-0.4, -0.2) is 17.1 Å². The van der Waals surface area contributed by atoms with E-state index in [4.69, 9.17) is 5.73 Å². The summed E-state index contributed by atoms with van der Waals surface area (Å²) in [5.74, 6) is -0.260. The maximum atomic E-state index is 11.2. The third-order valence-corrected chi connectivity index (χ3v) is 1.22. The number of aromatic nitrogens is 1. The van der Waals surface area contributed by atoms with Gasteiger partial charge in [-0.15, -0.1) is 0 Å². The molecule has 0 bridgehead atoms. The Morgan fingerprint density at radius 2 is 2.42 bits per heavy atom. The molecule has 5 nitrogen and oxygen atoms in total. The monoisotopic (exact) mass is 169 g/mol. The minimum absolute atomic E-state index is 0.0574. The molecule has 0 saturated heterocycles. The standard InChI is InChI=1S/C7H11N3O2/c1-4(2)10-7(11)6-5(8)3-9-12-6/h3-4H,8H2,1-2H3,(H,10,11). The van der Waals surface area contributed by atoms with Crippen LogP contribution in [0.2, 0.25) is 0 Å². The molecule has 0 atom stereocenters. The van der Waals surface area contributed by atoms with Gasteiger partial charge < -0.3 is 15.6 Å². The summed E-state index contributed by atoms with van der Waals surface area (Å²) >= 11 is 0. The molecular weight excluding hydrogens is 158 g/mol. The highest BCUT2D eigenvalue weighted by molar-refractivity contribution is 5.96. The highest BCUT2D eigenvalue weighted by Crippen LogP contribution is 2.08. The average Bonchev–Trinajstić information content (AvgIpc) is 2.33. The van der Waals surface area contributed by atoms with Crippen molar-refractivity contribution in [3.8, 4) is 0 Å². The summed E-state index contributed by atoms with van der Waals surface area (Å²) in [6.07, 6.45) is 1.30. The van der Waals surface area contributed by atoms with Crippen molar-refractivity contribution >= 4 is 11.6 Å². The van der Waals surface area contributed by atoms with Crippen LogP contribution in [0.15, 0.2) is 10.7 Å². The van der Waals surface area contributed by atoms with Crippen LogP contribution < -0.4 is 11.1 Å². The van der Waals surface area contributed by atoms with Crippen LogP contribution in [-0.2, 0) is 0 Å². The van der Waals surface area contributed by atoms with Crippen molar-refractivity contribution < 1.29 is 9.32 Å². The summed E-state index contributed by atoms with van der Waals surface area (Å²) in [6.45, 7) is 3.70. The predicted molar refractivity (Wildman–Crippen MR) is 43.5 cm³/mol. The van der Waals surface area contributed by atoms with Gasteiger partial charge in [-0.25, -0.2) is 0 Å². The van der Waals surface area contributed by atoms with E-state index in [0.29, 0.717) is 0 Å². The van der Waals surface area contributed by atoms with Gasteiger partial charge in [-0.05, 0) is 13.8 Å². The van der Waals surface area contributed by atoms with Crippen LogP contribution in [0, 0.1) is 0 Å². The Bertz CT molecular complexity index is 280. The van der Waals surface area contributed by atoms with E-state index in [0.717, 1.165) is 0 Å². The molecule has 0 aliphatic carbocycles. The Morgan fingerprint density at radius 1 is 1.75 bits per heavy atom. The second kappa shape index (κ2) is 3.25. The Hall–Kier alpha value is -1.52. The van der Waals surface area contributed by atoms with Crippen molar-refractivity contribution in [1.29, 1.82) is 0 Å². The van der Waals surface area contributed by atoms with Crippen LogP contribution in [0.5, 0.6) is 0 Å². The molecule has 12 heavy (non-hydrogen) atoms. The van der Waals surface area contributed by atoms with Crippen molar-refractivity contribution in [3.05, 3.63) is 12.0 Å². The third-order valence-electron chi connectivity index (χ3n) is 1.22. The maximum Gasteiger partial charge on any atom is 0.292 e. The molecule has 0 radical (unpaired) electrons. The van der Waals surface area contributed by atoms with Crippen LogP contribution in [0.4, 0.5) is 5.69 Å². The van der Waals surface area contributed by atoms with E-state index in [9.17, 15) is 4.79 Å². The summed E-state index contributed by atoms with van der Waals surface area (Å²) in [6, 6.07) is 0.0574. The van der Waals surface area contributed by atoms with Gasteiger partial charge in [0.1, 0.15) is 5.69 Å². The number of nitrogens with zero attached hydrogens (tertiary/aromatic N) is 1. The third kappa shape index (κ3) is 1.75. The Balaban J connectivity index is 2.72. The fraction of sp³-hybridized carbons (Fsp3) is 0.429. The number of carbonyl (C=O) groups is 1. The number of hydrogen-bond donors (Lipinski definition) is 2. The van der Waals surface area contributed by atoms with Crippen LogP contribution in [0.25, 0.3) is 0 Å². The van der Waals surface area contributed by atoms with Gasteiger partial charge in [-0.3, -0.25) is 4.79 Å². The van der Waals surface area contributed by atoms with Gasteiger partial charge in [0.25, 0.3) is 5.91 Å². The number of nitrogens with two attached hydrogens (primary N) is 1. The SMILES string of the molecule is CC(C)NC(=O)c1oncc1N. The molecule has 1 rings (SSSR count). The average molecular weight is 169 g/mol. The van der Waals surface area contributed by atoms with Crippen LogP contribution >= 0.6 is 0 Å². The second-order valence-corrected chi connectivity index (χ2v) is 2.74. The normalized spacial score (nSPS) is 10.2. The van der Waals surface area contributed by atoms with Gasteiger partial charge in [0, 0.05) is 6.04 Å². The van der Waals surface area contributed by atoms with Crippen LogP contribution in [0.1, 0.15) is 24.4 Å². The first-order valence-electron chi connectivity index (χ1n) is 3.62. The molecule has 3 N–H and O–H groups in total. The van der Waals surface area contributed by atoms with E-state index in [2.05, 4.69) is 15.0 Å². The fourth-order valence-electron chi connectivity index (χ4n) is 0.747. The van der Waals surface area contributed by atoms with Crippen LogP contribution in [0.3, 0.4) is 0 Å². The molecule has 66 valence electrons. The number of amides is 1. The number of hydrogen-bond acceptors (Lipinski definition) is 4. The molecular formula is C7H11N3O2. The summed E-state index contributed by atoms with van der Waals surface area (Å²) in [5, 5.41) is 6.02. The summed E-state index contributed by atoms with van der Waals surface area (Å²) < 4.78 is 4.64. The van der Waals surface area contributed by atoms with Gasteiger partial charge >= 0.3 is 0 Å². The van der Waals surface area contributed by atoms with Crippen molar-refractivity contribution in [2.45, 2.75) is 19.9 Å². The van der Waals surface area contributed by atoms with Crippen molar-refractivity contribution in [2.75, 3.05) is 5.73 Å². The first kappa shape index (κ1) is 8.58. The zero-order valence-corrected chi connectivity index (χ0v) is 7.00. The molecule has 1 aromatic heterocycles. The molecule has 1 amide bonds. The zero-order chi connectivity index (χ0) is 9.14. The number of rotatable bonds is 2. The smallest absolute Gasteiger partial charge is 0.292 e. The molecule has 0 aromatic carbocycles. The van der Waals surface area contributed by atoms with Crippen molar-refractivity contribution in [2.24, 2.45) is 0 Å². The predicted octanol–water partition coefficient (Wildman–Crippen LogP) is 0.395. The van der Waals surface area contributed by atoms with E-state index >= 15 is 0 Å². The van der Waals surface area contributed by atoms with Gasteiger partial charge in [0.15, 0.2) is 0 Å². The Kier molecular flexibility index (Phi) is 2.32. The largest absolute Gasteiger partial charge is 0.394 e. The molecule has 0 saturated carbocycles. The van der Waals surface area contributed by atoms with Gasteiger partial charge in [-0.2, -0.15) is 0 Å². The summed E-state index contributed by atoms with van der Waals surface area (Å²) in [7, 11) is 0. The number of carbonyl (C=O) groups excluding carboxylic acids is 1.